The maximum Gasteiger partial charge on any atom is 0.223 e. The molecule has 0 bridgehead atoms. The minimum atomic E-state index is -0.127. The first kappa shape index (κ1) is 13.5. The van der Waals surface area contributed by atoms with E-state index in [0.29, 0.717) is 18.1 Å². The molecule has 0 amide bonds. The molecule has 0 aliphatic carbocycles. The first-order valence-electron chi connectivity index (χ1n) is 6.29. The molecule has 100 valence electrons. The van der Waals surface area contributed by atoms with Crippen molar-refractivity contribution in [3.8, 4) is 11.6 Å². The average molecular weight is 258 g/mol. The molecular weight excluding hydrogens is 240 g/mol. The van der Waals surface area contributed by atoms with Gasteiger partial charge in [-0.2, -0.15) is 0 Å². The van der Waals surface area contributed by atoms with Crippen molar-refractivity contribution in [1.29, 1.82) is 0 Å². The maximum atomic E-state index is 8.87. The average Bonchev–Trinajstić information content (AvgIpc) is 2.42. The predicted molar refractivity (Wildman–Crippen MR) is 74.1 cm³/mol. The highest BCUT2D eigenvalue weighted by Gasteiger charge is 2.09. The van der Waals surface area contributed by atoms with Crippen molar-refractivity contribution < 1.29 is 9.84 Å². The second kappa shape index (κ2) is 6.31. The zero-order valence-corrected chi connectivity index (χ0v) is 10.9. The van der Waals surface area contributed by atoms with Crippen LogP contribution in [0.1, 0.15) is 24.1 Å². The first-order valence-corrected chi connectivity index (χ1v) is 6.29. The van der Waals surface area contributed by atoms with E-state index in [1.165, 1.54) is 0 Å². The van der Waals surface area contributed by atoms with Crippen molar-refractivity contribution >= 4 is 0 Å². The van der Waals surface area contributed by atoms with Crippen molar-refractivity contribution in [2.75, 3.05) is 6.61 Å². The summed E-state index contributed by atoms with van der Waals surface area (Å²) in [6.07, 6.45) is 2.33. The van der Waals surface area contributed by atoms with Gasteiger partial charge in [0.2, 0.25) is 5.88 Å². The van der Waals surface area contributed by atoms with E-state index in [1.807, 2.05) is 43.3 Å². The lowest BCUT2D eigenvalue weighted by molar-refractivity contribution is 0.299. The van der Waals surface area contributed by atoms with Gasteiger partial charge in [-0.3, -0.25) is 0 Å². The van der Waals surface area contributed by atoms with E-state index < -0.39 is 0 Å². The number of nitrogens with zero attached hydrogens (tertiary/aromatic N) is 1. The summed E-state index contributed by atoms with van der Waals surface area (Å²) in [5, 5.41) is 8.87. The van der Waals surface area contributed by atoms with Gasteiger partial charge in [0.15, 0.2) is 0 Å². The fourth-order valence-corrected chi connectivity index (χ4v) is 1.80. The van der Waals surface area contributed by atoms with Gasteiger partial charge >= 0.3 is 0 Å². The lowest BCUT2D eigenvalue weighted by Crippen LogP contribution is -2.07. The molecule has 0 aliphatic heterocycles. The van der Waals surface area contributed by atoms with Crippen molar-refractivity contribution in [2.24, 2.45) is 5.73 Å². The van der Waals surface area contributed by atoms with Crippen LogP contribution in [0.4, 0.5) is 0 Å². The van der Waals surface area contributed by atoms with E-state index in [9.17, 15) is 0 Å². The molecule has 0 radical (unpaired) electrons. The standard InChI is InChI=1S/C15H18N2O2/c1-11(16)14-3-2-9-17-15(14)19-13-6-4-12(5-7-13)8-10-18/h2-7,9,11,18H,8,10,16H2,1H3. The smallest absolute Gasteiger partial charge is 0.223 e. The van der Waals surface area contributed by atoms with Crippen LogP contribution in [0, 0.1) is 0 Å². The Bertz CT molecular complexity index is 524. The lowest BCUT2D eigenvalue weighted by atomic mass is 10.1. The molecular formula is C15H18N2O2. The molecule has 1 unspecified atom stereocenters. The van der Waals surface area contributed by atoms with Gasteiger partial charge in [0.05, 0.1) is 0 Å². The number of aromatic nitrogens is 1. The number of hydrogen-bond acceptors (Lipinski definition) is 4. The Morgan fingerprint density at radius 3 is 2.63 bits per heavy atom. The zero-order valence-electron chi connectivity index (χ0n) is 10.9. The summed E-state index contributed by atoms with van der Waals surface area (Å²) in [7, 11) is 0. The molecule has 19 heavy (non-hydrogen) atoms. The molecule has 0 saturated carbocycles. The van der Waals surface area contributed by atoms with Gasteiger partial charge < -0.3 is 15.6 Å². The van der Waals surface area contributed by atoms with E-state index >= 15 is 0 Å². The van der Waals surface area contributed by atoms with Crippen LogP contribution in [0.25, 0.3) is 0 Å². The number of aliphatic hydroxyl groups is 1. The van der Waals surface area contributed by atoms with Gasteiger partial charge in [-0.25, -0.2) is 4.98 Å². The monoisotopic (exact) mass is 258 g/mol. The minimum absolute atomic E-state index is 0.127. The molecule has 1 heterocycles. The van der Waals surface area contributed by atoms with Crippen molar-refractivity contribution in [2.45, 2.75) is 19.4 Å². The summed E-state index contributed by atoms with van der Waals surface area (Å²) in [6.45, 7) is 2.05. The Hall–Kier alpha value is -1.91. The summed E-state index contributed by atoms with van der Waals surface area (Å²) in [5.41, 5.74) is 7.83. The van der Waals surface area contributed by atoms with Crippen molar-refractivity contribution in [3.05, 3.63) is 53.7 Å². The lowest BCUT2D eigenvalue weighted by Gasteiger charge is -2.12. The van der Waals surface area contributed by atoms with Gasteiger partial charge in [-0.05, 0) is 37.1 Å². The summed E-state index contributed by atoms with van der Waals surface area (Å²) in [5.74, 6) is 1.25. The Morgan fingerprint density at radius 2 is 2.00 bits per heavy atom. The number of nitrogens with two attached hydrogens (primary N) is 1. The maximum absolute atomic E-state index is 8.87. The van der Waals surface area contributed by atoms with Crippen molar-refractivity contribution in [1.82, 2.24) is 4.98 Å². The highest BCUT2D eigenvalue weighted by Crippen LogP contribution is 2.26. The molecule has 3 N–H and O–H groups in total. The minimum Gasteiger partial charge on any atom is -0.439 e. The van der Waals surface area contributed by atoms with E-state index in [4.69, 9.17) is 15.6 Å². The van der Waals surface area contributed by atoms with Crippen LogP contribution >= 0.6 is 0 Å². The summed E-state index contributed by atoms with van der Waals surface area (Å²) in [4.78, 5) is 4.21. The fourth-order valence-electron chi connectivity index (χ4n) is 1.80. The molecule has 1 aromatic carbocycles. The van der Waals surface area contributed by atoms with Gasteiger partial charge in [-0.1, -0.05) is 18.2 Å². The van der Waals surface area contributed by atoms with Crippen molar-refractivity contribution in [3.63, 3.8) is 0 Å². The predicted octanol–water partition coefficient (Wildman–Crippen LogP) is 2.43. The van der Waals surface area contributed by atoms with Crippen LogP contribution in [0.3, 0.4) is 0 Å². The Morgan fingerprint density at radius 1 is 1.26 bits per heavy atom. The first-order chi connectivity index (χ1) is 9.20. The second-order valence-electron chi connectivity index (χ2n) is 4.41. The van der Waals surface area contributed by atoms with Crippen LogP contribution in [0.5, 0.6) is 11.6 Å². The van der Waals surface area contributed by atoms with Gasteiger partial charge in [-0.15, -0.1) is 0 Å². The molecule has 1 aromatic heterocycles. The molecule has 1 atom stereocenters. The van der Waals surface area contributed by atoms with Crippen LogP contribution in [-0.2, 0) is 6.42 Å². The highest BCUT2D eigenvalue weighted by atomic mass is 16.5. The van der Waals surface area contributed by atoms with E-state index in [2.05, 4.69) is 4.98 Å². The molecule has 4 nitrogen and oxygen atoms in total. The number of pyridine rings is 1. The zero-order chi connectivity index (χ0) is 13.7. The molecule has 0 spiro atoms. The summed E-state index contributed by atoms with van der Waals surface area (Å²) < 4.78 is 5.75. The SMILES string of the molecule is CC(N)c1cccnc1Oc1ccc(CCO)cc1. The van der Waals surface area contributed by atoms with Gasteiger partial charge in [0.25, 0.3) is 0 Å². The van der Waals surface area contributed by atoms with Crippen LogP contribution in [0.2, 0.25) is 0 Å². The topological polar surface area (TPSA) is 68.4 Å². The number of aliphatic hydroxyl groups excluding tert-OH is 1. The molecule has 2 aromatic rings. The highest BCUT2D eigenvalue weighted by molar-refractivity contribution is 5.35. The largest absolute Gasteiger partial charge is 0.439 e. The molecule has 0 fully saturated rings. The van der Waals surface area contributed by atoms with Crippen LogP contribution in [-0.4, -0.2) is 16.7 Å². The fraction of sp³-hybridized carbons (Fsp3) is 0.267. The van der Waals surface area contributed by atoms with E-state index in [-0.39, 0.29) is 12.6 Å². The second-order valence-corrected chi connectivity index (χ2v) is 4.41. The van der Waals surface area contributed by atoms with Gasteiger partial charge in [0.1, 0.15) is 5.75 Å². The molecule has 4 heteroatoms. The van der Waals surface area contributed by atoms with E-state index in [0.717, 1.165) is 11.1 Å². The molecule has 2 rings (SSSR count). The molecule has 0 saturated heterocycles. The third-order valence-electron chi connectivity index (χ3n) is 2.83. The Balaban J connectivity index is 2.17. The number of rotatable bonds is 5. The summed E-state index contributed by atoms with van der Waals surface area (Å²) in [6, 6.07) is 11.2. The molecule has 0 aliphatic rings. The Labute approximate surface area is 112 Å². The van der Waals surface area contributed by atoms with Gasteiger partial charge in [0, 0.05) is 24.4 Å². The van der Waals surface area contributed by atoms with E-state index in [1.54, 1.807) is 6.20 Å². The summed E-state index contributed by atoms with van der Waals surface area (Å²) >= 11 is 0. The quantitative estimate of drug-likeness (QED) is 0.864. The number of hydrogen-bond donors (Lipinski definition) is 2. The normalized spacial score (nSPS) is 12.2. The van der Waals surface area contributed by atoms with Crippen LogP contribution in [0.15, 0.2) is 42.6 Å². The Kier molecular flexibility index (Phi) is 4.49. The number of ether oxygens (including phenoxy) is 1. The number of benzene rings is 1. The van der Waals surface area contributed by atoms with Crippen LogP contribution < -0.4 is 10.5 Å². The third kappa shape index (κ3) is 3.53. The third-order valence-corrected chi connectivity index (χ3v) is 2.83.